The topological polar surface area (TPSA) is 79.0 Å². The summed E-state index contributed by atoms with van der Waals surface area (Å²) in [5.74, 6) is 0.454. The van der Waals surface area contributed by atoms with Gasteiger partial charge in [0, 0.05) is 35.6 Å². The van der Waals surface area contributed by atoms with Crippen LogP contribution in [-0.4, -0.2) is 32.3 Å². The van der Waals surface area contributed by atoms with Crippen LogP contribution in [0.5, 0.6) is 0 Å². The van der Waals surface area contributed by atoms with E-state index in [2.05, 4.69) is 15.0 Å². The molecule has 0 bridgehead atoms. The lowest BCUT2D eigenvalue weighted by Gasteiger charge is -2.28. The first-order valence-corrected chi connectivity index (χ1v) is 9.50. The maximum atomic E-state index is 13.3. The lowest BCUT2D eigenvalue weighted by Crippen LogP contribution is -2.39. The molecule has 0 aliphatic carbocycles. The van der Waals surface area contributed by atoms with Crippen LogP contribution in [0.25, 0.3) is 22.2 Å². The minimum Gasteiger partial charge on any atom is -0.332 e. The third-order valence-corrected chi connectivity index (χ3v) is 5.33. The van der Waals surface area contributed by atoms with Crippen LogP contribution in [0.1, 0.15) is 21.6 Å². The molecule has 1 aliphatic rings. The van der Waals surface area contributed by atoms with E-state index in [1.54, 1.807) is 29.4 Å². The number of pyridine rings is 1. The van der Waals surface area contributed by atoms with Gasteiger partial charge in [0.15, 0.2) is 0 Å². The van der Waals surface area contributed by atoms with Crippen molar-refractivity contribution in [3.05, 3.63) is 94.2 Å². The van der Waals surface area contributed by atoms with E-state index in [4.69, 9.17) is 0 Å². The quantitative estimate of drug-likeness (QED) is 0.577. The molecule has 142 valence electrons. The molecule has 0 saturated heterocycles. The van der Waals surface area contributed by atoms with Gasteiger partial charge in [-0.3, -0.25) is 14.6 Å². The number of aromatic amines is 1. The monoisotopic (exact) mass is 382 g/mol. The maximum absolute atomic E-state index is 13.3. The fourth-order valence-corrected chi connectivity index (χ4v) is 3.84. The zero-order valence-electron chi connectivity index (χ0n) is 15.6. The molecule has 29 heavy (non-hydrogen) atoms. The number of nitrogens with zero attached hydrogens (tertiary/aromatic N) is 3. The number of hydrogen-bond donors (Lipinski definition) is 1. The summed E-state index contributed by atoms with van der Waals surface area (Å²) < 4.78 is 0. The van der Waals surface area contributed by atoms with Crippen LogP contribution in [0.4, 0.5) is 0 Å². The SMILES string of the molecule is O=C(c1cccc2ccccc12)N1CCc2c(nc(-c3ccncc3)[nH]c2=O)C1. The van der Waals surface area contributed by atoms with Gasteiger partial charge in [0.05, 0.1) is 12.2 Å². The molecule has 6 nitrogen and oxygen atoms in total. The number of carbonyl (C=O) groups excluding carboxylic acids is 1. The predicted molar refractivity (Wildman–Crippen MR) is 110 cm³/mol. The minimum atomic E-state index is -0.140. The molecule has 0 spiro atoms. The highest BCUT2D eigenvalue weighted by Gasteiger charge is 2.26. The number of fused-ring (bicyclic) bond motifs is 2. The van der Waals surface area contributed by atoms with Crippen molar-refractivity contribution in [2.45, 2.75) is 13.0 Å². The first-order chi connectivity index (χ1) is 14.2. The highest BCUT2D eigenvalue weighted by Crippen LogP contribution is 2.23. The molecule has 3 heterocycles. The summed E-state index contributed by atoms with van der Waals surface area (Å²) in [5, 5.41) is 1.97. The molecule has 1 amide bonds. The molecule has 0 fully saturated rings. The van der Waals surface area contributed by atoms with E-state index in [9.17, 15) is 9.59 Å². The fourth-order valence-electron chi connectivity index (χ4n) is 3.84. The molecule has 0 unspecified atom stereocenters. The Balaban J connectivity index is 1.51. The van der Waals surface area contributed by atoms with E-state index in [1.165, 1.54) is 0 Å². The van der Waals surface area contributed by atoms with Crippen molar-refractivity contribution in [2.75, 3.05) is 6.54 Å². The van der Waals surface area contributed by atoms with E-state index in [-0.39, 0.29) is 11.5 Å². The number of amides is 1. The van der Waals surface area contributed by atoms with Gasteiger partial charge in [-0.2, -0.15) is 0 Å². The molecule has 5 rings (SSSR count). The lowest BCUT2D eigenvalue weighted by molar-refractivity contribution is 0.0733. The normalized spacial score (nSPS) is 13.3. The number of nitrogens with one attached hydrogen (secondary N) is 1. The van der Waals surface area contributed by atoms with Gasteiger partial charge in [-0.1, -0.05) is 36.4 Å². The van der Waals surface area contributed by atoms with Gasteiger partial charge in [0.1, 0.15) is 5.82 Å². The van der Waals surface area contributed by atoms with Crippen LogP contribution in [0.15, 0.2) is 71.8 Å². The Labute approximate surface area is 166 Å². The van der Waals surface area contributed by atoms with Gasteiger partial charge in [-0.25, -0.2) is 4.98 Å². The first kappa shape index (κ1) is 17.3. The van der Waals surface area contributed by atoms with E-state index >= 15 is 0 Å². The van der Waals surface area contributed by atoms with E-state index in [0.29, 0.717) is 42.2 Å². The summed E-state index contributed by atoms with van der Waals surface area (Å²) in [4.78, 5) is 39.1. The number of benzene rings is 2. The second kappa shape index (κ2) is 6.98. The number of rotatable bonds is 2. The molecule has 0 saturated carbocycles. The van der Waals surface area contributed by atoms with Gasteiger partial charge in [0.2, 0.25) is 0 Å². The van der Waals surface area contributed by atoms with E-state index in [1.807, 2.05) is 42.5 Å². The van der Waals surface area contributed by atoms with E-state index in [0.717, 1.165) is 16.3 Å². The van der Waals surface area contributed by atoms with Crippen LogP contribution < -0.4 is 5.56 Å². The van der Waals surface area contributed by atoms with Gasteiger partial charge in [0.25, 0.3) is 11.5 Å². The summed E-state index contributed by atoms with van der Waals surface area (Å²) in [6.45, 7) is 0.813. The molecule has 1 aliphatic heterocycles. The maximum Gasteiger partial charge on any atom is 0.254 e. The molecule has 1 N–H and O–H groups in total. The van der Waals surface area contributed by atoms with Gasteiger partial charge in [-0.15, -0.1) is 0 Å². The van der Waals surface area contributed by atoms with Crippen molar-refractivity contribution in [2.24, 2.45) is 0 Å². The minimum absolute atomic E-state index is 0.0417. The highest BCUT2D eigenvalue weighted by atomic mass is 16.2. The third kappa shape index (κ3) is 3.08. The Bertz CT molecular complexity index is 1280. The van der Waals surface area contributed by atoms with Crippen molar-refractivity contribution < 1.29 is 4.79 Å². The number of H-pyrrole nitrogens is 1. The Kier molecular flexibility index (Phi) is 4.17. The van der Waals surface area contributed by atoms with Gasteiger partial charge >= 0.3 is 0 Å². The second-order valence-corrected chi connectivity index (χ2v) is 7.08. The molecule has 0 radical (unpaired) electrons. The molecule has 2 aromatic carbocycles. The van der Waals surface area contributed by atoms with Crippen molar-refractivity contribution in [1.29, 1.82) is 0 Å². The first-order valence-electron chi connectivity index (χ1n) is 9.50. The Morgan fingerprint density at radius 3 is 2.66 bits per heavy atom. The number of hydrogen-bond acceptors (Lipinski definition) is 4. The molecular formula is C23H18N4O2. The highest BCUT2D eigenvalue weighted by molar-refractivity contribution is 6.07. The summed E-state index contributed by atoms with van der Waals surface area (Å²) in [6.07, 6.45) is 3.81. The fraction of sp³-hybridized carbons (Fsp3) is 0.130. The average Bonchev–Trinajstić information content (AvgIpc) is 2.78. The smallest absolute Gasteiger partial charge is 0.254 e. The third-order valence-electron chi connectivity index (χ3n) is 5.33. The molecule has 4 aromatic rings. The summed E-state index contributed by atoms with van der Waals surface area (Å²) in [5.41, 5.74) is 2.63. The van der Waals surface area contributed by atoms with E-state index < -0.39 is 0 Å². The van der Waals surface area contributed by atoms with Crippen molar-refractivity contribution >= 4 is 16.7 Å². The van der Waals surface area contributed by atoms with Crippen molar-refractivity contribution in [3.8, 4) is 11.4 Å². The van der Waals surface area contributed by atoms with Crippen LogP contribution in [0.2, 0.25) is 0 Å². The molecule has 2 aromatic heterocycles. The van der Waals surface area contributed by atoms with Crippen LogP contribution in [0.3, 0.4) is 0 Å². The van der Waals surface area contributed by atoms with Gasteiger partial charge in [-0.05, 0) is 35.4 Å². The van der Waals surface area contributed by atoms with Crippen molar-refractivity contribution in [3.63, 3.8) is 0 Å². The standard InChI is InChI=1S/C23H18N4O2/c28-22-19-10-13-27(14-20(19)25-21(26-22)16-8-11-24-12-9-16)23(29)18-7-3-5-15-4-1-2-6-17(15)18/h1-9,11-12H,10,13-14H2,(H,25,26,28). The van der Waals surface area contributed by atoms with Crippen LogP contribution in [0, 0.1) is 0 Å². The van der Waals surface area contributed by atoms with Gasteiger partial charge < -0.3 is 9.88 Å². The Hall–Kier alpha value is -3.80. The predicted octanol–water partition coefficient (Wildman–Crippen LogP) is 3.18. The van der Waals surface area contributed by atoms with Crippen molar-refractivity contribution in [1.82, 2.24) is 19.9 Å². The zero-order chi connectivity index (χ0) is 19.8. The number of carbonyl (C=O) groups is 1. The number of aromatic nitrogens is 3. The molecule has 6 heteroatoms. The average molecular weight is 382 g/mol. The second-order valence-electron chi connectivity index (χ2n) is 7.08. The summed E-state index contributed by atoms with van der Waals surface area (Å²) in [6, 6.07) is 17.2. The van der Waals surface area contributed by atoms with Crippen LogP contribution >= 0.6 is 0 Å². The Morgan fingerprint density at radius 1 is 1.00 bits per heavy atom. The molecule has 0 atom stereocenters. The largest absolute Gasteiger partial charge is 0.332 e. The zero-order valence-corrected chi connectivity index (χ0v) is 15.6. The molecular weight excluding hydrogens is 364 g/mol. The lowest BCUT2D eigenvalue weighted by atomic mass is 10.0. The Morgan fingerprint density at radius 2 is 1.79 bits per heavy atom. The van der Waals surface area contributed by atoms with Crippen LogP contribution in [-0.2, 0) is 13.0 Å². The summed E-state index contributed by atoms with van der Waals surface area (Å²) >= 11 is 0. The summed E-state index contributed by atoms with van der Waals surface area (Å²) in [7, 11) is 0.